The Bertz CT molecular complexity index is 1520. The number of phenols is 2. The van der Waals surface area contributed by atoms with Gasteiger partial charge in [0, 0.05) is 17.7 Å². The summed E-state index contributed by atoms with van der Waals surface area (Å²) in [6, 6.07) is 2.68. The van der Waals surface area contributed by atoms with Crippen LogP contribution in [0.4, 0.5) is 0 Å². The van der Waals surface area contributed by atoms with Crippen LogP contribution in [-0.4, -0.2) is 30.0 Å². The molecule has 9 nitrogen and oxygen atoms in total. The Morgan fingerprint density at radius 3 is 2.11 bits per heavy atom. The molecule has 0 saturated heterocycles. The lowest BCUT2D eigenvalue weighted by molar-refractivity contribution is 0.111. The van der Waals surface area contributed by atoms with Crippen LogP contribution in [0, 0.1) is 6.92 Å². The number of hydrogen-bond donors (Lipinski definition) is 3. The number of phenolic OH excluding ortho intramolecular Hbond substituents is 2. The Morgan fingerprint density at radius 1 is 0.971 bits per heavy atom. The number of fused-ring (bicyclic) bond motifs is 2. The average molecular weight is 505 g/mol. The molecular weight excluding hydrogens is 476 g/mol. The van der Waals surface area contributed by atoms with E-state index < -0.39 is 22.6 Å². The lowest BCUT2D eigenvalue weighted by atomic mass is 9.96. The number of aromatic hydroxyl groups is 2. The summed E-state index contributed by atoms with van der Waals surface area (Å²) in [6.45, 7) is 8.40. The minimum atomic E-state index is -4.75. The van der Waals surface area contributed by atoms with Crippen LogP contribution in [0.25, 0.3) is 21.9 Å². The third-order valence-electron chi connectivity index (χ3n) is 5.50. The fourth-order valence-corrected chi connectivity index (χ4v) is 3.84. The van der Waals surface area contributed by atoms with Crippen LogP contribution in [0.5, 0.6) is 17.2 Å². The Balaban J connectivity index is 2.34. The van der Waals surface area contributed by atoms with E-state index in [1.165, 1.54) is 12.1 Å². The molecule has 3 N–H and O–H groups in total. The van der Waals surface area contributed by atoms with Crippen molar-refractivity contribution in [2.24, 2.45) is 0 Å². The highest BCUT2D eigenvalue weighted by molar-refractivity contribution is 7.80. The van der Waals surface area contributed by atoms with Crippen LogP contribution in [0.1, 0.15) is 44.4 Å². The molecule has 0 fully saturated rings. The topological polar surface area (TPSA) is 144 Å². The van der Waals surface area contributed by atoms with E-state index in [0.717, 1.165) is 11.1 Å². The number of benzene rings is 2. The molecule has 1 heterocycles. The standard InChI is InChI=1S/C25H28O9S/c1-13(2)6-8-16-15(5)18(26)10-20-22(16)25(28)23-21(34-20)11-19(32-12-33-35(29,30)31)17(24(23)27)9-7-14(3)4/h6-7,10-11,26-27H,8-9,12H2,1-5H3,(H,29,30,31). The van der Waals surface area contributed by atoms with E-state index in [2.05, 4.69) is 4.18 Å². The molecule has 0 aliphatic heterocycles. The second-order valence-electron chi connectivity index (χ2n) is 8.66. The van der Waals surface area contributed by atoms with Crippen LogP contribution in [0.2, 0.25) is 0 Å². The number of rotatable bonds is 8. The first kappa shape index (κ1) is 26.3. The highest BCUT2D eigenvalue weighted by atomic mass is 32.3. The summed E-state index contributed by atoms with van der Waals surface area (Å²) < 4.78 is 46.1. The molecular formula is C25H28O9S. The van der Waals surface area contributed by atoms with Gasteiger partial charge in [0.05, 0.1) is 5.39 Å². The predicted molar refractivity (Wildman–Crippen MR) is 132 cm³/mol. The molecule has 0 aliphatic carbocycles. The molecule has 0 amide bonds. The highest BCUT2D eigenvalue weighted by Crippen LogP contribution is 2.38. The SMILES string of the molecule is CC(C)=CCc1c(OCOS(=O)(=O)O)cc2oc3cc(O)c(C)c(CC=C(C)C)c3c(=O)c2c1O. The lowest BCUT2D eigenvalue weighted by Crippen LogP contribution is -2.12. The molecule has 0 unspecified atom stereocenters. The molecule has 0 aliphatic rings. The van der Waals surface area contributed by atoms with E-state index >= 15 is 0 Å². The van der Waals surface area contributed by atoms with Gasteiger partial charge in [0.2, 0.25) is 12.2 Å². The largest absolute Gasteiger partial charge is 0.508 e. The van der Waals surface area contributed by atoms with E-state index in [0.29, 0.717) is 17.5 Å². The van der Waals surface area contributed by atoms with Crippen LogP contribution >= 0.6 is 0 Å². The van der Waals surface area contributed by atoms with Gasteiger partial charge >= 0.3 is 10.4 Å². The lowest BCUT2D eigenvalue weighted by Gasteiger charge is -2.15. The van der Waals surface area contributed by atoms with Gasteiger partial charge in [0.1, 0.15) is 33.8 Å². The van der Waals surface area contributed by atoms with Gasteiger partial charge in [-0.2, -0.15) is 8.42 Å². The smallest absolute Gasteiger partial charge is 0.400 e. The van der Waals surface area contributed by atoms with E-state index in [4.69, 9.17) is 13.7 Å². The first-order valence-electron chi connectivity index (χ1n) is 10.8. The molecule has 0 bridgehead atoms. The average Bonchev–Trinajstić information content (AvgIpc) is 2.72. The van der Waals surface area contributed by atoms with Crippen molar-refractivity contribution < 1.29 is 36.5 Å². The van der Waals surface area contributed by atoms with Crippen LogP contribution < -0.4 is 10.2 Å². The van der Waals surface area contributed by atoms with Crippen molar-refractivity contribution in [1.82, 2.24) is 0 Å². The molecule has 188 valence electrons. The fraction of sp³-hybridized carbons (Fsp3) is 0.320. The molecule has 0 saturated carbocycles. The van der Waals surface area contributed by atoms with Crippen molar-refractivity contribution in [2.75, 3.05) is 6.79 Å². The number of allylic oxidation sites excluding steroid dienone is 4. The van der Waals surface area contributed by atoms with Gasteiger partial charge in [-0.15, -0.1) is 0 Å². The predicted octanol–water partition coefficient (Wildman–Crippen LogP) is 4.84. The first-order valence-corrected chi connectivity index (χ1v) is 12.1. The fourth-order valence-electron chi connectivity index (χ4n) is 3.67. The van der Waals surface area contributed by atoms with Crippen molar-refractivity contribution in [3.05, 3.63) is 62.3 Å². The van der Waals surface area contributed by atoms with Crippen molar-refractivity contribution in [2.45, 2.75) is 47.5 Å². The Labute approximate surface area is 202 Å². The number of ether oxygens (including phenoxy) is 1. The first-order chi connectivity index (χ1) is 16.3. The quantitative estimate of drug-likeness (QED) is 0.170. The van der Waals surface area contributed by atoms with Gasteiger partial charge in [-0.1, -0.05) is 23.3 Å². The zero-order chi connectivity index (χ0) is 26.1. The molecule has 0 atom stereocenters. The molecule has 0 radical (unpaired) electrons. The van der Waals surface area contributed by atoms with Crippen molar-refractivity contribution in [1.29, 1.82) is 0 Å². The van der Waals surface area contributed by atoms with Gasteiger partial charge < -0.3 is 19.4 Å². The van der Waals surface area contributed by atoms with Crippen molar-refractivity contribution in [3.63, 3.8) is 0 Å². The molecule has 0 spiro atoms. The van der Waals surface area contributed by atoms with Crippen LogP contribution in [-0.2, 0) is 27.4 Å². The van der Waals surface area contributed by atoms with Gasteiger partial charge in [0.15, 0.2) is 0 Å². The summed E-state index contributed by atoms with van der Waals surface area (Å²) in [5.41, 5.74) is 2.93. The monoisotopic (exact) mass is 504 g/mol. The Morgan fingerprint density at radius 2 is 1.54 bits per heavy atom. The van der Waals surface area contributed by atoms with Gasteiger partial charge in [-0.25, -0.2) is 4.18 Å². The minimum Gasteiger partial charge on any atom is -0.508 e. The third-order valence-corrected chi connectivity index (χ3v) is 5.89. The van der Waals surface area contributed by atoms with Gasteiger partial charge in [-0.3, -0.25) is 9.35 Å². The Hall–Kier alpha value is -3.34. The summed E-state index contributed by atoms with van der Waals surface area (Å²) in [7, 11) is -4.75. The van der Waals surface area contributed by atoms with Crippen molar-refractivity contribution >= 4 is 32.3 Å². The summed E-state index contributed by atoms with van der Waals surface area (Å²) >= 11 is 0. The normalized spacial score (nSPS) is 11.6. The summed E-state index contributed by atoms with van der Waals surface area (Å²) in [6.07, 6.45) is 4.27. The van der Waals surface area contributed by atoms with E-state index in [1.54, 1.807) is 13.0 Å². The zero-order valence-corrected chi connectivity index (χ0v) is 20.9. The molecule has 3 rings (SSSR count). The van der Waals surface area contributed by atoms with Crippen LogP contribution in [0.15, 0.2) is 44.6 Å². The summed E-state index contributed by atoms with van der Waals surface area (Å²) in [5, 5.41) is 21.7. The molecule has 35 heavy (non-hydrogen) atoms. The van der Waals surface area contributed by atoms with E-state index in [-0.39, 0.29) is 51.2 Å². The van der Waals surface area contributed by atoms with E-state index in [9.17, 15) is 23.4 Å². The zero-order valence-electron chi connectivity index (χ0n) is 20.1. The molecule has 1 aromatic heterocycles. The van der Waals surface area contributed by atoms with Crippen molar-refractivity contribution in [3.8, 4) is 17.2 Å². The van der Waals surface area contributed by atoms with Gasteiger partial charge in [-0.05, 0) is 58.6 Å². The van der Waals surface area contributed by atoms with Gasteiger partial charge in [0.25, 0.3) is 0 Å². The third kappa shape index (κ3) is 5.84. The second-order valence-corrected chi connectivity index (χ2v) is 9.75. The molecule has 3 aromatic rings. The highest BCUT2D eigenvalue weighted by Gasteiger charge is 2.22. The van der Waals surface area contributed by atoms with Crippen LogP contribution in [0.3, 0.4) is 0 Å². The second kappa shape index (κ2) is 10.1. The van der Waals surface area contributed by atoms with E-state index in [1.807, 2.05) is 33.8 Å². The number of hydrogen-bond acceptors (Lipinski definition) is 8. The maximum Gasteiger partial charge on any atom is 0.400 e. The maximum absolute atomic E-state index is 13.7. The minimum absolute atomic E-state index is 0.000233. The molecule has 2 aromatic carbocycles. The molecule has 10 heteroatoms. The maximum atomic E-state index is 13.7. The summed E-state index contributed by atoms with van der Waals surface area (Å²) in [4.78, 5) is 13.7. The Kier molecular flexibility index (Phi) is 7.59. The summed E-state index contributed by atoms with van der Waals surface area (Å²) in [5.74, 6) is -0.421.